The number of aliphatic imine (C=N–C) groups is 1. The molecule has 0 fully saturated rings. The van der Waals surface area contributed by atoms with Gasteiger partial charge in [-0.15, -0.1) is 0 Å². The van der Waals surface area contributed by atoms with Crippen molar-refractivity contribution in [3.05, 3.63) is 80.7 Å². The van der Waals surface area contributed by atoms with Gasteiger partial charge in [-0.05, 0) is 82.5 Å². The van der Waals surface area contributed by atoms with E-state index in [2.05, 4.69) is 36.9 Å². The maximum atomic E-state index is 6.04. The van der Waals surface area contributed by atoms with E-state index in [-0.39, 0.29) is 0 Å². The van der Waals surface area contributed by atoms with Crippen LogP contribution >= 0.6 is 31.9 Å². The molecule has 29 heavy (non-hydrogen) atoms. The molecule has 0 aliphatic rings. The van der Waals surface area contributed by atoms with Gasteiger partial charge in [-0.25, -0.2) is 0 Å². The summed E-state index contributed by atoms with van der Waals surface area (Å²) in [7, 11) is 1.64. The summed E-state index contributed by atoms with van der Waals surface area (Å²) in [4.78, 5) is 4.52. The SMILES string of the molecule is CCOc1cc(C=Nc2ccc(OC)cc2)cc(Br)c1OCc1ccc(Br)cc1. The quantitative estimate of drug-likeness (QED) is 0.303. The highest BCUT2D eigenvalue weighted by Crippen LogP contribution is 2.37. The molecule has 4 nitrogen and oxygen atoms in total. The second-order valence-corrected chi connectivity index (χ2v) is 7.90. The van der Waals surface area contributed by atoms with Crippen LogP contribution in [0.3, 0.4) is 0 Å². The summed E-state index contributed by atoms with van der Waals surface area (Å²) in [6.07, 6.45) is 1.80. The van der Waals surface area contributed by atoms with E-state index in [9.17, 15) is 0 Å². The zero-order chi connectivity index (χ0) is 20.6. The molecule has 0 amide bonds. The van der Waals surface area contributed by atoms with E-state index in [4.69, 9.17) is 14.2 Å². The Morgan fingerprint density at radius 3 is 2.31 bits per heavy atom. The van der Waals surface area contributed by atoms with Crippen LogP contribution in [0.15, 0.2) is 74.6 Å². The first kappa shape index (κ1) is 21.4. The topological polar surface area (TPSA) is 40.0 Å². The predicted molar refractivity (Wildman–Crippen MR) is 124 cm³/mol. The van der Waals surface area contributed by atoms with E-state index in [1.165, 1.54) is 0 Å². The summed E-state index contributed by atoms with van der Waals surface area (Å²) < 4.78 is 18.9. The van der Waals surface area contributed by atoms with Crippen LogP contribution in [0.5, 0.6) is 17.2 Å². The van der Waals surface area contributed by atoms with Gasteiger partial charge >= 0.3 is 0 Å². The maximum absolute atomic E-state index is 6.04. The lowest BCUT2D eigenvalue weighted by molar-refractivity contribution is 0.267. The van der Waals surface area contributed by atoms with E-state index < -0.39 is 0 Å². The first-order valence-corrected chi connectivity index (χ1v) is 10.7. The van der Waals surface area contributed by atoms with Crippen LogP contribution in [-0.2, 0) is 6.61 Å². The lowest BCUT2D eigenvalue weighted by atomic mass is 10.2. The van der Waals surface area contributed by atoms with Crippen LogP contribution in [0.4, 0.5) is 5.69 Å². The molecule has 3 aromatic carbocycles. The van der Waals surface area contributed by atoms with Gasteiger partial charge in [0.15, 0.2) is 11.5 Å². The Morgan fingerprint density at radius 1 is 0.931 bits per heavy atom. The zero-order valence-corrected chi connectivity index (χ0v) is 19.4. The molecular formula is C23H21Br2NO3. The van der Waals surface area contributed by atoms with E-state index in [0.717, 1.165) is 31.5 Å². The Hall–Kier alpha value is -2.31. The van der Waals surface area contributed by atoms with Gasteiger partial charge in [-0.2, -0.15) is 0 Å². The first-order chi connectivity index (χ1) is 14.1. The first-order valence-electron chi connectivity index (χ1n) is 9.10. The van der Waals surface area contributed by atoms with Gasteiger partial charge in [-0.1, -0.05) is 28.1 Å². The van der Waals surface area contributed by atoms with E-state index in [1.807, 2.05) is 67.6 Å². The number of hydrogen-bond acceptors (Lipinski definition) is 4. The summed E-state index contributed by atoms with van der Waals surface area (Å²) in [5.74, 6) is 2.16. The molecule has 0 heterocycles. The minimum atomic E-state index is 0.450. The molecule has 0 saturated carbocycles. The number of rotatable bonds is 8. The van der Waals surface area contributed by atoms with Crippen LogP contribution in [0.2, 0.25) is 0 Å². The van der Waals surface area contributed by atoms with Gasteiger partial charge in [-0.3, -0.25) is 4.99 Å². The Labute approximate surface area is 187 Å². The second kappa shape index (κ2) is 10.5. The highest BCUT2D eigenvalue weighted by atomic mass is 79.9. The fourth-order valence-corrected chi connectivity index (χ4v) is 3.46. The van der Waals surface area contributed by atoms with Crippen LogP contribution < -0.4 is 14.2 Å². The summed E-state index contributed by atoms with van der Waals surface area (Å²) in [5, 5.41) is 0. The number of methoxy groups -OCH3 is 1. The van der Waals surface area contributed by atoms with E-state index in [0.29, 0.717) is 24.7 Å². The highest BCUT2D eigenvalue weighted by Gasteiger charge is 2.12. The number of benzene rings is 3. The molecular weight excluding hydrogens is 498 g/mol. The van der Waals surface area contributed by atoms with Crippen molar-refractivity contribution in [1.82, 2.24) is 0 Å². The molecule has 0 bridgehead atoms. The molecule has 3 rings (SSSR count). The van der Waals surface area contributed by atoms with Crippen molar-refractivity contribution in [3.63, 3.8) is 0 Å². The van der Waals surface area contributed by atoms with Gasteiger partial charge in [0.05, 0.1) is 23.9 Å². The number of ether oxygens (including phenoxy) is 3. The molecule has 0 saturated heterocycles. The van der Waals surface area contributed by atoms with Crippen molar-refractivity contribution in [2.45, 2.75) is 13.5 Å². The predicted octanol–water partition coefficient (Wildman–Crippen LogP) is 6.95. The standard InChI is InChI=1S/C23H21Br2NO3/c1-3-28-22-13-17(14-26-19-8-10-20(27-2)11-9-19)12-21(25)23(22)29-15-16-4-6-18(24)7-5-16/h4-14H,3,15H2,1-2H3. The zero-order valence-electron chi connectivity index (χ0n) is 16.2. The minimum Gasteiger partial charge on any atom is -0.497 e. The molecule has 3 aromatic rings. The summed E-state index contributed by atoms with van der Waals surface area (Å²) in [5.41, 5.74) is 2.83. The number of halogens is 2. The molecule has 0 atom stereocenters. The molecule has 0 unspecified atom stereocenters. The third-order valence-corrected chi connectivity index (χ3v) is 5.18. The molecule has 0 aliphatic heterocycles. The fraction of sp³-hybridized carbons (Fsp3) is 0.174. The van der Waals surface area contributed by atoms with Crippen molar-refractivity contribution < 1.29 is 14.2 Å². The lowest BCUT2D eigenvalue weighted by Crippen LogP contribution is -2.01. The Bertz CT molecular complexity index is 971. The summed E-state index contributed by atoms with van der Waals surface area (Å²) in [6, 6.07) is 19.5. The molecule has 0 spiro atoms. The highest BCUT2D eigenvalue weighted by molar-refractivity contribution is 9.10. The monoisotopic (exact) mass is 517 g/mol. The molecule has 0 radical (unpaired) electrons. The van der Waals surface area contributed by atoms with Crippen molar-refractivity contribution in [2.75, 3.05) is 13.7 Å². The largest absolute Gasteiger partial charge is 0.497 e. The van der Waals surface area contributed by atoms with Crippen molar-refractivity contribution in [3.8, 4) is 17.2 Å². The van der Waals surface area contributed by atoms with Crippen molar-refractivity contribution in [1.29, 1.82) is 0 Å². The molecule has 0 aromatic heterocycles. The Kier molecular flexibility index (Phi) is 7.72. The smallest absolute Gasteiger partial charge is 0.175 e. The van der Waals surface area contributed by atoms with Gasteiger partial charge in [0.1, 0.15) is 12.4 Å². The average Bonchev–Trinajstić information content (AvgIpc) is 2.73. The van der Waals surface area contributed by atoms with Gasteiger partial charge in [0.25, 0.3) is 0 Å². The average molecular weight is 519 g/mol. The third kappa shape index (κ3) is 6.08. The lowest BCUT2D eigenvalue weighted by Gasteiger charge is -2.14. The fourth-order valence-electron chi connectivity index (χ4n) is 2.62. The normalized spacial score (nSPS) is 10.9. The van der Waals surface area contributed by atoms with Crippen LogP contribution in [0.25, 0.3) is 0 Å². The molecule has 6 heteroatoms. The van der Waals surface area contributed by atoms with Crippen molar-refractivity contribution >= 4 is 43.8 Å². The Morgan fingerprint density at radius 2 is 1.66 bits per heavy atom. The summed E-state index contributed by atoms with van der Waals surface area (Å²) in [6.45, 7) is 2.94. The van der Waals surface area contributed by atoms with Gasteiger partial charge < -0.3 is 14.2 Å². The third-order valence-electron chi connectivity index (χ3n) is 4.06. The number of hydrogen-bond donors (Lipinski definition) is 0. The van der Waals surface area contributed by atoms with E-state index in [1.54, 1.807) is 13.3 Å². The second-order valence-electron chi connectivity index (χ2n) is 6.13. The summed E-state index contributed by atoms with van der Waals surface area (Å²) >= 11 is 7.05. The molecule has 0 N–H and O–H groups in total. The van der Waals surface area contributed by atoms with Crippen LogP contribution in [0, 0.1) is 0 Å². The van der Waals surface area contributed by atoms with Gasteiger partial charge in [0.2, 0.25) is 0 Å². The minimum absolute atomic E-state index is 0.450. The Balaban J connectivity index is 1.79. The molecule has 0 aliphatic carbocycles. The number of nitrogens with zero attached hydrogens (tertiary/aromatic N) is 1. The van der Waals surface area contributed by atoms with Crippen LogP contribution in [0.1, 0.15) is 18.1 Å². The maximum Gasteiger partial charge on any atom is 0.175 e. The van der Waals surface area contributed by atoms with Gasteiger partial charge in [0, 0.05) is 10.7 Å². The van der Waals surface area contributed by atoms with Crippen LogP contribution in [-0.4, -0.2) is 19.9 Å². The molecule has 150 valence electrons. The van der Waals surface area contributed by atoms with E-state index >= 15 is 0 Å². The van der Waals surface area contributed by atoms with Crippen molar-refractivity contribution in [2.24, 2.45) is 4.99 Å².